The van der Waals surface area contributed by atoms with Crippen LogP contribution in [0.15, 0.2) is 133 Å². The third kappa shape index (κ3) is 22.9. The molecular formula is C108H138N12O14. The number of benzene rings is 7. The fourth-order valence-corrected chi connectivity index (χ4v) is 15.9. The third-order valence-electron chi connectivity index (χ3n) is 22.4. The standard InChI is InChI=1S/C108H138N12O14/c1-21-39-121-71-35-37-97(123-41-23-3)73(53-71)85-65-91(115(15)109-85)79-59-105(131-49-31-11)81(61-103(79)129-47-29-9)93-67-87(111-117(93)17)75-55-101(127-45-27-7)77(57-99(75)125-43-25-5)89-69-95(119(19)113-89)83-63-108(134-52-34-14)84(64-107(83)133-51-33-13)96-70-90(114-120(96)20)78-58-100(126-44-26-6)76(56-102(78)128-46-28-8)88-68-94(118(18)112-88)82-62-104(130-48-30-10)80(60-106(82)132-50-32-12)92-66-86(110-116(92)16)74-54-72(122-40-22-2)36-38-98(74)124-42-24-4/h35-38,53-70H,21-34,39-52H2,1-20H3. The summed E-state index contributed by atoms with van der Waals surface area (Å²) in [5.41, 5.74) is 18.6. The number of hydrogen-bond acceptors (Lipinski definition) is 20. The zero-order valence-electron chi connectivity index (χ0n) is 82.6. The molecule has 0 fully saturated rings. The summed E-state index contributed by atoms with van der Waals surface area (Å²) in [4.78, 5) is 0. The van der Waals surface area contributed by atoms with Crippen molar-refractivity contribution >= 4 is 0 Å². The van der Waals surface area contributed by atoms with Crippen LogP contribution in [0.25, 0.3) is 135 Å². The Kier molecular flexibility index (Phi) is 35.0. The van der Waals surface area contributed by atoms with Crippen molar-refractivity contribution in [3.63, 3.8) is 0 Å². The number of nitrogens with zero attached hydrogens (tertiary/aromatic N) is 12. The van der Waals surface area contributed by atoms with Gasteiger partial charge in [-0.3, -0.25) is 28.1 Å². The zero-order chi connectivity index (χ0) is 94.9. The Labute approximate surface area is 791 Å². The van der Waals surface area contributed by atoms with Crippen LogP contribution in [0.2, 0.25) is 0 Å². The van der Waals surface area contributed by atoms with E-state index in [-0.39, 0.29) is 0 Å². The second kappa shape index (κ2) is 47.6. The molecule has 0 amide bonds. The number of ether oxygens (including phenoxy) is 14. The van der Waals surface area contributed by atoms with Crippen LogP contribution in [0.5, 0.6) is 80.5 Å². The summed E-state index contributed by atoms with van der Waals surface area (Å²) in [6.45, 7) is 36.4. The smallest absolute Gasteiger partial charge is 0.129 e. The van der Waals surface area contributed by atoms with E-state index in [2.05, 4.69) is 170 Å². The van der Waals surface area contributed by atoms with Crippen molar-refractivity contribution in [1.29, 1.82) is 0 Å². The van der Waals surface area contributed by atoms with Crippen molar-refractivity contribution < 1.29 is 66.3 Å². The normalized spacial score (nSPS) is 11.4. The molecule has 0 aliphatic rings. The predicted octanol–water partition coefficient (Wildman–Crippen LogP) is 25.1. The van der Waals surface area contributed by atoms with Crippen LogP contribution in [0.4, 0.5) is 0 Å². The minimum absolute atomic E-state index is 0.444. The topological polar surface area (TPSA) is 236 Å². The highest BCUT2D eigenvalue weighted by molar-refractivity contribution is 5.90. The van der Waals surface area contributed by atoms with Crippen LogP contribution in [0, 0.1) is 0 Å². The van der Waals surface area contributed by atoms with Crippen molar-refractivity contribution in [2.75, 3.05) is 92.5 Å². The molecule has 0 aliphatic heterocycles. The first-order valence-electron chi connectivity index (χ1n) is 48.6. The highest BCUT2D eigenvalue weighted by atomic mass is 16.5. The van der Waals surface area contributed by atoms with Gasteiger partial charge in [0, 0.05) is 109 Å². The van der Waals surface area contributed by atoms with Gasteiger partial charge in [0.25, 0.3) is 0 Å². The van der Waals surface area contributed by atoms with Crippen LogP contribution in [-0.2, 0) is 42.3 Å². The first kappa shape index (κ1) is 98.5. The predicted molar refractivity (Wildman–Crippen MR) is 533 cm³/mol. The maximum absolute atomic E-state index is 6.88. The van der Waals surface area contributed by atoms with Crippen LogP contribution >= 0.6 is 0 Å². The second-order valence-electron chi connectivity index (χ2n) is 33.6. The number of aromatic nitrogens is 12. The van der Waals surface area contributed by atoms with E-state index in [0.717, 1.165) is 225 Å². The zero-order valence-corrected chi connectivity index (χ0v) is 82.6. The molecule has 0 saturated carbocycles. The molecule has 13 aromatic rings. The van der Waals surface area contributed by atoms with E-state index in [9.17, 15) is 0 Å². The molecule has 0 unspecified atom stereocenters. The van der Waals surface area contributed by atoms with E-state index in [1.165, 1.54) is 0 Å². The number of aryl methyl sites for hydroxylation is 6. The lowest BCUT2D eigenvalue weighted by Gasteiger charge is -2.18. The van der Waals surface area contributed by atoms with E-state index in [1.54, 1.807) is 0 Å². The Bertz CT molecular complexity index is 5700. The van der Waals surface area contributed by atoms with Gasteiger partial charge in [-0.05, 0) is 223 Å². The molecule has 0 atom stereocenters. The second-order valence-corrected chi connectivity index (χ2v) is 33.6. The van der Waals surface area contributed by atoms with Crippen molar-refractivity contribution in [1.82, 2.24) is 58.7 Å². The van der Waals surface area contributed by atoms with Gasteiger partial charge in [0.2, 0.25) is 0 Å². The maximum Gasteiger partial charge on any atom is 0.129 e. The van der Waals surface area contributed by atoms with Gasteiger partial charge in [0.1, 0.15) is 80.5 Å². The molecule has 134 heavy (non-hydrogen) atoms. The fourth-order valence-electron chi connectivity index (χ4n) is 15.9. The Morgan fingerprint density at radius 1 is 0.157 bits per heavy atom. The SMILES string of the molecule is CCCOc1ccc(OCCC)c(-c2cc(-c3cc(OCCC)c(-c4cc(-c5cc(OCCC)c(-c6cc(-c7cc(OCCC)c(-c8cc(-c9cc(OCCC)c(-c%10cc(-c%11cc(OCCC)c(-c%12cc(-c%13cc(OCCC)ccc%13OCCC)nn%12C)cc%11OCCC)n(C)n%10)cc9OCCC)nn8C)cc7OCCC)n(C)n6)cc5OCCC)nn4C)cc3OCCC)n(C)n2)c1. The van der Waals surface area contributed by atoms with Crippen LogP contribution in [0.1, 0.15) is 187 Å². The summed E-state index contributed by atoms with van der Waals surface area (Å²) in [7, 11) is 11.7. The van der Waals surface area contributed by atoms with Gasteiger partial charge in [-0.2, -0.15) is 30.6 Å². The summed E-state index contributed by atoms with van der Waals surface area (Å²) < 4.78 is 104. The number of rotatable bonds is 54. The largest absolute Gasteiger partial charge is 0.494 e. The molecule has 7 aromatic carbocycles. The van der Waals surface area contributed by atoms with Gasteiger partial charge in [-0.1, -0.05) is 96.9 Å². The molecule has 6 aromatic heterocycles. The van der Waals surface area contributed by atoms with E-state index in [0.29, 0.717) is 173 Å². The summed E-state index contributed by atoms with van der Waals surface area (Å²) in [5, 5.41) is 31.4. The summed E-state index contributed by atoms with van der Waals surface area (Å²) >= 11 is 0. The molecule has 6 heterocycles. The van der Waals surface area contributed by atoms with Gasteiger partial charge in [0.05, 0.1) is 161 Å². The molecule has 714 valence electrons. The molecule has 0 spiro atoms. The van der Waals surface area contributed by atoms with E-state index in [4.69, 9.17) is 96.9 Å². The van der Waals surface area contributed by atoms with E-state index < -0.39 is 0 Å². The van der Waals surface area contributed by atoms with E-state index >= 15 is 0 Å². The van der Waals surface area contributed by atoms with E-state index in [1.807, 2.05) is 131 Å². The van der Waals surface area contributed by atoms with Crippen molar-refractivity contribution in [2.24, 2.45) is 42.3 Å². The summed E-state index contributed by atoms with van der Waals surface area (Å²) in [6, 6.07) is 45.1. The van der Waals surface area contributed by atoms with Gasteiger partial charge in [-0.25, -0.2) is 0 Å². The average Bonchev–Trinajstić information content (AvgIpc) is 1.59. The molecule has 26 heteroatoms. The minimum Gasteiger partial charge on any atom is -0.494 e. The minimum atomic E-state index is 0.444. The third-order valence-corrected chi connectivity index (χ3v) is 22.4. The lowest BCUT2D eigenvalue weighted by Crippen LogP contribution is -2.04. The Hall–Kier alpha value is -13.0. The molecule has 0 N–H and O–H groups in total. The molecule has 13 rings (SSSR count). The first-order chi connectivity index (χ1) is 65.3. The lowest BCUT2D eigenvalue weighted by molar-refractivity contribution is 0.309. The van der Waals surface area contributed by atoms with Crippen molar-refractivity contribution in [2.45, 2.75) is 187 Å². The monoisotopic (exact) mass is 1830 g/mol. The maximum atomic E-state index is 6.88. The van der Waals surface area contributed by atoms with Gasteiger partial charge < -0.3 is 66.3 Å². The molecule has 0 radical (unpaired) electrons. The van der Waals surface area contributed by atoms with Crippen LogP contribution < -0.4 is 66.3 Å². The van der Waals surface area contributed by atoms with Crippen LogP contribution in [0.3, 0.4) is 0 Å². The highest BCUT2D eigenvalue weighted by Gasteiger charge is 2.31. The molecule has 26 nitrogen and oxygen atoms in total. The Balaban J connectivity index is 0.860. The quantitative estimate of drug-likeness (QED) is 0.0344. The van der Waals surface area contributed by atoms with Crippen LogP contribution in [-0.4, -0.2) is 151 Å². The molecule has 0 aliphatic carbocycles. The Morgan fingerprint density at radius 2 is 0.291 bits per heavy atom. The fraction of sp³-hybridized carbons (Fsp3) is 0.444. The molecule has 0 saturated heterocycles. The van der Waals surface area contributed by atoms with Gasteiger partial charge in [0.15, 0.2) is 0 Å². The highest BCUT2D eigenvalue weighted by Crippen LogP contribution is 2.52. The lowest BCUT2D eigenvalue weighted by atomic mass is 9.99. The molecular weight excluding hydrogens is 1690 g/mol. The average molecular weight is 1830 g/mol. The van der Waals surface area contributed by atoms with Crippen molar-refractivity contribution in [3.05, 3.63) is 133 Å². The molecule has 0 bridgehead atoms. The summed E-state index contributed by atoms with van der Waals surface area (Å²) in [5.74, 6) is 9.47. The van der Waals surface area contributed by atoms with Crippen molar-refractivity contribution in [3.8, 4) is 216 Å². The van der Waals surface area contributed by atoms with Gasteiger partial charge in [-0.15, -0.1) is 0 Å². The number of hydrogen-bond donors (Lipinski definition) is 0. The summed E-state index contributed by atoms with van der Waals surface area (Å²) in [6.07, 6.45) is 11.2. The van der Waals surface area contributed by atoms with Gasteiger partial charge >= 0.3 is 0 Å². The first-order valence-corrected chi connectivity index (χ1v) is 48.6. The Morgan fingerprint density at radius 3 is 0.455 bits per heavy atom.